The maximum atomic E-state index is 12.2. The largest absolute Gasteiger partial charge is 0.496 e. The number of fused-ring (bicyclic) bond motifs is 1. The minimum absolute atomic E-state index is 0.356. The molecule has 1 heterocycles. The van der Waals surface area contributed by atoms with Crippen molar-refractivity contribution in [3.8, 4) is 5.75 Å². The number of hydrogen-bond acceptors (Lipinski definition) is 4. The topological polar surface area (TPSA) is 55.8 Å². The van der Waals surface area contributed by atoms with Crippen molar-refractivity contribution in [2.24, 2.45) is 0 Å². The van der Waals surface area contributed by atoms with Crippen LogP contribution >= 0.6 is 0 Å². The number of methoxy groups -OCH3 is 1. The summed E-state index contributed by atoms with van der Waals surface area (Å²) in [6.07, 6.45) is 4.78. The molecule has 1 aromatic carbocycles. The lowest BCUT2D eigenvalue weighted by Crippen LogP contribution is -2.17. The van der Waals surface area contributed by atoms with E-state index in [-0.39, 0.29) is 5.97 Å². The molecule has 2 rings (SSSR count). The molecule has 110 valence electrons. The Labute approximate surface area is 119 Å². The molecule has 4 nitrogen and oxygen atoms in total. The van der Waals surface area contributed by atoms with Gasteiger partial charge in [-0.15, -0.1) is 0 Å². The van der Waals surface area contributed by atoms with Crippen molar-refractivity contribution in [2.75, 3.05) is 13.7 Å². The van der Waals surface area contributed by atoms with Crippen LogP contribution in [-0.2, 0) is 11.2 Å². The van der Waals surface area contributed by atoms with Gasteiger partial charge in [0.2, 0.25) is 0 Å². The van der Waals surface area contributed by atoms with Gasteiger partial charge in [-0.05, 0) is 30.9 Å². The lowest BCUT2D eigenvalue weighted by molar-refractivity contribution is 0.0489. The molecule has 0 spiro atoms. The number of benzene rings is 1. The Balaban J connectivity index is 2.30. The zero-order valence-corrected chi connectivity index (χ0v) is 11.9. The minimum atomic E-state index is -0.423. The number of esters is 1. The first-order valence-electron chi connectivity index (χ1n) is 7.23. The highest BCUT2D eigenvalue weighted by atomic mass is 16.5. The highest BCUT2D eigenvalue weighted by Gasteiger charge is 2.20. The Kier molecular flexibility index (Phi) is 5.41. The summed E-state index contributed by atoms with van der Waals surface area (Å²) in [4.78, 5) is 12.2. The average Bonchev–Trinajstić information content (AvgIpc) is 2.44. The fourth-order valence-corrected chi connectivity index (χ4v) is 2.58. The van der Waals surface area contributed by atoms with Crippen LogP contribution in [0.5, 0.6) is 5.75 Å². The lowest BCUT2D eigenvalue weighted by atomic mass is 9.97. The number of ether oxygens (including phenoxy) is 2. The third-order valence-corrected chi connectivity index (χ3v) is 3.66. The first-order valence-corrected chi connectivity index (χ1v) is 7.23. The molecule has 1 N–H and O–H groups in total. The van der Waals surface area contributed by atoms with Gasteiger partial charge in [-0.25, -0.2) is 4.79 Å². The normalized spacial score (nSPS) is 21.1. The van der Waals surface area contributed by atoms with Crippen LogP contribution in [0.25, 0.3) is 0 Å². The number of rotatable bonds is 1. The predicted octanol–water partition coefficient (Wildman–Crippen LogP) is 2.72. The van der Waals surface area contributed by atoms with Gasteiger partial charge in [-0.3, -0.25) is 0 Å². The molecule has 0 fully saturated rings. The lowest BCUT2D eigenvalue weighted by Gasteiger charge is -2.17. The van der Waals surface area contributed by atoms with Crippen LogP contribution < -0.4 is 4.74 Å². The predicted molar refractivity (Wildman–Crippen MR) is 76.1 cm³/mol. The van der Waals surface area contributed by atoms with Crippen molar-refractivity contribution in [1.29, 1.82) is 0 Å². The van der Waals surface area contributed by atoms with E-state index in [1.807, 2.05) is 12.1 Å². The van der Waals surface area contributed by atoms with Crippen molar-refractivity contribution in [3.63, 3.8) is 0 Å². The molecule has 0 aliphatic carbocycles. The highest BCUT2D eigenvalue weighted by Crippen LogP contribution is 2.25. The van der Waals surface area contributed by atoms with E-state index in [4.69, 9.17) is 9.47 Å². The molecule has 1 aromatic rings. The summed E-state index contributed by atoms with van der Waals surface area (Å²) in [6.45, 7) is 0.443. The number of hydrogen-bond donors (Lipinski definition) is 1. The second-order valence-corrected chi connectivity index (χ2v) is 5.19. The molecule has 4 heteroatoms. The SMILES string of the molecule is COc1cccc2c1C(=O)OCCCCCCC(O)C2. The van der Waals surface area contributed by atoms with Gasteiger partial charge in [0.15, 0.2) is 0 Å². The minimum Gasteiger partial charge on any atom is -0.496 e. The molecule has 0 bridgehead atoms. The molecule has 1 aliphatic rings. The standard InChI is InChI=1S/C16H22O4/c1-19-14-9-6-7-12-11-13(17)8-4-2-3-5-10-20-16(18)15(12)14/h6-7,9,13,17H,2-5,8,10-11H2,1H3. The van der Waals surface area contributed by atoms with E-state index >= 15 is 0 Å². The van der Waals surface area contributed by atoms with Crippen molar-refractivity contribution < 1.29 is 19.4 Å². The van der Waals surface area contributed by atoms with Crippen molar-refractivity contribution >= 4 is 5.97 Å². The van der Waals surface area contributed by atoms with Gasteiger partial charge in [0.25, 0.3) is 0 Å². The third-order valence-electron chi connectivity index (χ3n) is 3.66. The van der Waals surface area contributed by atoms with Crippen molar-refractivity contribution in [1.82, 2.24) is 0 Å². The molecular formula is C16H22O4. The zero-order chi connectivity index (χ0) is 14.4. The fraction of sp³-hybridized carbons (Fsp3) is 0.562. The summed E-state index contributed by atoms with van der Waals surface area (Å²) in [7, 11) is 1.54. The smallest absolute Gasteiger partial charge is 0.342 e. The van der Waals surface area contributed by atoms with Gasteiger partial charge >= 0.3 is 5.97 Å². The molecule has 0 amide bonds. The Hall–Kier alpha value is -1.55. The Morgan fingerprint density at radius 2 is 2.05 bits per heavy atom. The molecule has 1 unspecified atom stereocenters. The molecule has 0 aromatic heterocycles. The molecule has 0 radical (unpaired) electrons. The van der Waals surface area contributed by atoms with Gasteiger partial charge in [0, 0.05) is 0 Å². The van der Waals surface area contributed by atoms with Crippen LogP contribution in [0.1, 0.15) is 48.0 Å². The highest BCUT2D eigenvalue weighted by molar-refractivity contribution is 5.94. The maximum absolute atomic E-state index is 12.2. The summed E-state index contributed by atoms with van der Waals surface area (Å²) in [5, 5.41) is 10.1. The summed E-state index contributed by atoms with van der Waals surface area (Å²) < 4.78 is 10.6. The maximum Gasteiger partial charge on any atom is 0.342 e. The average molecular weight is 278 g/mol. The number of cyclic esters (lactones) is 1. The third kappa shape index (κ3) is 3.73. The van der Waals surface area contributed by atoms with Crippen LogP contribution in [-0.4, -0.2) is 30.9 Å². The quantitative estimate of drug-likeness (QED) is 0.802. The molecule has 20 heavy (non-hydrogen) atoms. The summed E-state index contributed by atoms with van der Waals surface area (Å²) in [5.74, 6) is 0.155. The van der Waals surface area contributed by atoms with Crippen LogP contribution in [0, 0.1) is 0 Å². The monoisotopic (exact) mass is 278 g/mol. The summed E-state index contributed by atoms with van der Waals surface area (Å²) in [5.41, 5.74) is 1.25. The van der Waals surface area contributed by atoms with Crippen molar-refractivity contribution in [2.45, 2.75) is 44.6 Å². The van der Waals surface area contributed by atoms with E-state index in [2.05, 4.69) is 0 Å². The summed E-state index contributed by atoms with van der Waals surface area (Å²) >= 11 is 0. The Morgan fingerprint density at radius 3 is 2.85 bits per heavy atom. The van der Waals surface area contributed by atoms with E-state index in [1.165, 1.54) is 7.11 Å². The first kappa shape index (κ1) is 14.9. The van der Waals surface area contributed by atoms with Gasteiger partial charge < -0.3 is 14.6 Å². The van der Waals surface area contributed by atoms with E-state index in [9.17, 15) is 9.90 Å². The van der Waals surface area contributed by atoms with E-state index < -0.39 is 6.10 Å². The number of carbonyl (C=O) groups is 1. The summed E-state index contributed by atoms with van der Waals surface area (Å²) in [6, 6.07) is 5.44. The zero-order valence-electron chi connectivity index (χ0n) is 11.9. The van der Waals surface area contributed by atoms with Crippen LogP contribution in [0.4, 0.5) is 0 Å². The van der Waals surface area contributed by atoms with E-state index in [0.29, 0.717) is 24.3 Å². The number of aliphatic hydroxyl groups excluding tert-OH is 1. The van der Waals surface area contributed by atoms with Gasteiger partial charge in [-0.1, -0.05) is 31.4 Å². The van der Waals surface area contributed by atoms with Gasteiger partial charge in [-0.2, -0.15) is 0 Å². The first-order chi connectivity index (χ1) is 9.72. The second kappa shape index (κ2) is 7.29. The Bertz CT molecular complexity index is 456. The second-order valence-electron chi connectivity index (χ2n) is 5.19. The van der Waals surface area contributed by atoms with Gasteiger partial charge in [0.05, 0.1) is 19.8 Å². The van der Waals surface area contributed by atoms with Crippen LogP contribution in [0.3, 0.4) is 0 Å². The molecular weight excluding hydrogens is 256 g/mol. The molecule has 1 atom stereocenters. The van der Waals surface area contributed by atoms with E-state index in [1.54, 1.807) is 6.07 Å². The fourth-order valence-electron chi connectivity index (χ4n) is 2.58. The van der Waals surface area contributed by atoms with Gasteiger partial charge in [0.1, 0.15) is 11.3 Å². The van der Waals surface area contributed by atoms with Crippen LogP contribution in [0.2, 0.25) is 0 Å². The number of carbonyl (C=O) groups excluding carboxylic acids is 1. The molecule has 1 aliphatic heterocycles. The molecule has 0 saturated heterocycles. The molecule has 0 saturated carbocycles. The Morgan fingerprint density at radius 1 is 1.25 bits per heavy atom. The van der Waals surface area contributed by atoms with Crippen molar-refractivity contribution in [3.05, 3.63) is 29.3 Å². The number of aliphatic hydroxyl groups is 1. The van der Waals surface area contributed by atoms with E-state index in [0.717, 1.165) is 37.7 Å². The van der Waals surface area contributed by atoms with Crippen LogP contribution in [0.15, 0.2) is 18.2 Å².